The lowest BCUT2D eigenvalue weighted by Crippen LogP contribution is -2.50. The van der Waals surface area contributed by atoms with Crippen LogP contribution in [-0.2, 0) is 11.2 Å². The van der Waals surface area contributed by atoms with Gasteiger partial charge in [0.05, 0.1) is 0 Å². The summed E-state index contributed by atoms with van der Waals surface area (Å²) >= 11 is 0. The molecule has 6 heteroatoms. The van der Waals surface area contributed by atoms with Gasteiger partial charge in [0.15, 0.2) is 0 Å². The SMILES string of the molecule is O=C(CCCc1c[nH]c2ccccc12)N1CCN(C(=O)c2cccc3[nH]ccc23)CC1. The molecule has 0 spiro atoms. The van der Waals surface area contributed by atoms with Gasteiger partial charge in [-0.15, -0.1) is 0 Å². The van der Waals surface area contributed by atoms with Gasteiger partial charge in [0, 0.05) is 72.4 Å². The number of carbonyl (C=O) groups is 2. The number of hydrogen-bond acceptors (Lipinski definition) is 2. The van der Waals surface area contributed by atoms with Crippen LogP contribution in [0, 0.1) is 0 Å². The number of aromatic nitrogens is 2. The Labute approximate surface area is 180 Å². The highest BCUT2D eigenvalue weighted by Crippen LogP contribution is 2.21. The molecule has 0 bridgehead atoms. The molecule has 0 aliphatic carbocycles. The van der Waals surface area contributed by atoms with Crippen molar-refractivity contribution in [1.82, 2.24) is 19.8 Å². The van der Waals surface area contributed by atoms with Crippen molar-refractivity contribution in [3.63, 3.8) is 0 Å². The van der Waals surface area contributed by atoms with Gasteiger partial charge in [-0.3, -0.25) is 9.59 Å². The van der Waals surface area contributed by atoms with Crippen molar-refractivity contribution in [2.45, 2.75) is 19.3 Å². The third kappa shape index (κ3) is 3.81. The maximum Gasteiger partial charge on any atom is 0.254 e. The van der Waals surface area contributed by atoms with E-state index in [0.717, 1.165) is 34.8 Å². The number of aryl methyl sites for hydroxylation is 1. The van der Waals surface area contributed by atoms with E-state index in [1.807, 2.05) is 58.6 Å². The number of piperazine rings is 1. The van der Waals surface area contributed by atoms with Crippen LogP contribution >= 0.6 is 0 Å². The van der Waals surface area contributed by atoms with E-state index in [-0.39, 0.29) is 11.8 Å². The summed E-state index contributed by atoms with van der Waals surface area (Å²) in [7, 11) is 0. The van der Waals surface area contributed by atoms with Crippen LogP contribution in [0.4, 0.5) is 0 Å². The van der Waals surface area contributed by atoms with Gasteiger partial charge in [-0.25, -0.2) is 0 Å². The molecule has 6 nitrogen and oxygen atoms in total. The average molecular weight is 415 g/mol. The van der Waals surface area contributed by atoms with Gasteiger partial charge in [-0.05, 0) is 42.7 Å². The number of hydrogen-bond donors (Lipinski definition) is 2. The Morgan fingerprint density at radius 1 is 0.806 bits per heavy atom. The summed E-state index contributed by atoms with van der Waals surface area (Å²) in [5.41, 5.74) is 4.09. The second-order valence-electron chi connectivity index (χ2n) is 8.13. The third-order valence-corrected chi connectivity index (χ3v) is 6.26. The molecule has 1 aliphatic heterocycles. The molecule has 5 rings (SSSR count). The minimum atomic E-state index is 0.0386. The molecule has 2 N–H and O–H groups in total. The van der Waals surface area contributed by atoms with Crippen molar-refractivity contribution in [2.24, 2.45) is 0 Å². The van der Waals surface area contributed by atoms with Gasteiger partial charge in [0.1, 0.15) is 0 Å². The van der Waals surface area contributed by atoms with E-state index in [1.165, 1.54) is 10.9 Å². The number of nitrogens with one attached hydrogen (secondary N) is 2. The van der Waals surface area contributed by atoms with E-state index >= 15 is 0 Å². The number of nitrogens with zero attached hydrogens (tertiary/aromatic N) is 2. The van der Waals surface area contributed by atoms with Crippen molar-refractivity contribution in [2.75, 3.05) is 26.2 Å². The van der Waals surface area contributed by atoms with E-state index in [9.17, 15) is 9.59 Å². The monoisotopic (exact) mass is 414 g/mol. The maximum absolute atomic E-state index is 13.0. The third-order valence-electron chi connectivity index (χ3n) is 6.26. The molecule has 2 aromatic heterocycles. The Bertz CT molecular complexity index is 1230. The zero-order valence-corrected chi connectivity index (χ0v) is 17.4. The number of H-pyrrole nitrogens is 2. The molecule has 0 unspecified atom stereocenters. The predicted molar refractivity (Wildman–Crippen MR) is 122 cm³/mol. The largest absolute Gasteiger partial charge is 0.361 e. The molecular formula is C25H26N4O2. The highest BCUT2D eigenvalue weighted by molar-refractivity contribution is 6.06. The van der Waals surface area contributed by atoms with Crippen LogP contribution in [0.25, 0.3) is 21.8 Å². The first-order chi connectivity index (χ1) is 15.2. The van der Waals surface area contributed by atoms with Gasteiger partial charge < -0.3 is 19.8 Å². The lowest BCUT2D eigenvalue weighted by Gasteiger charge is -2.35. The first kappa shape index (κ1) is 19.4. The lowest BCUT2D eigenvalue weighted by molar-refractivity contribution is -0.132. The van der Waals surface area contributed by atoms with E-state index in [2.05, 4.69) is 22.1 Å². The highest BCUT2D eigenvalue weighted by atomic mass is 16.2. The number of para-hydroxylation sites is 1. The number of benzene rings is 2. The Morgan fingerprint density at radius 3 is 2.42 bits per heavy atom. The number of aromatic amines is 2. The molecule has 2 aromatic carbocycles. The molecule has 1 aliphatic rings. The van der Waals surface area contributed by atoms with Crippen molar-refractivity contribution in [3.8, 4) is 0 Å². The highest BCUT2D eigenvalue weighted by Gasteiger charge is 2.25. The molecule has 31 heavy (non-hydrogen) atoms. The lowest BCUT2D eigenvalue weighted by atomic mass is 10.1. The van der Waals surface area contributed by atoms with Gasteiger partial charge in [0.25, 0.3) is 5.91 Å². The van der Waals surface area contributed by atoms with Gasteiger partial charge in [0.2, 0.25) is 5.91 Å². The van der Waals surface area contributed by atoms with Gasteiger partial charge >= 0.3 is 0 Å². The smallest absolute Gasteiger partial charge is 0.254 e. The fraction of sp³-hybridized carbons (Fsp3) is 0.280. The maximum atomic E-state index is 13.0. The molecule has 0 atom stereocenters. The van der Waals surface area contributed by atoms with Crippen LogP contribution in [0.3, 0.4) is 0 Å². The van der Waals surface area contributed by atoms with Gasteiger partial charge in [-0.2, -0.15) is 0 Å². The Hall–Kier alpha value is -3.54. The van der Waals surface area contributed by atoms with Crippen LogP contribution in [0.15, 0.2) is 60.9 Å². The summed E-state index contributed by atoms with van der Waals surface area (Å²) in [5, 5.41) is 2.18. The van der Waals surface area contributed by atoms with Crippen LogP contribution < -0.4 is 0 Å². The zero-order valence-electron chi connectivity index (χ0n) is 17.4. The van der Waals surface area contributed by atoms with E-state index < -0.39 is 0 Å². The minimum absolute atomic E-state index is 0.0386. The number of amides is 2. The number of carbonyl (C=O) groups excluding carboxylic acids is 2. The molecule has 4 aromatic rings. The normalized spacial score (nSPS) is 14.5. The molecule has 0 saturated carbocycles. The zero-order chi connectivity index (χ0) is 21.2. The van der Waals surface area contributed by atoms with E-state index in [1.54, 1.807) is 0 Å². The van der Waals surface area contributed by atoms with Crippen LogP contribution in [-0.4, -0.2) is 57.8 Å². The summed E-state index contributed by atoms with van der Waals surface area (Å²) in [6.45, 7) is 2.35. The molecule has 158 valence electrons. The molecule has 1 fully saturated rings. The second kappa shape index (κ2) is 8.30. The fourth-order valence-electron chi connectivity index (χ4n) is 4.53. The first-order valence-corrected chi connectivity index (χ1v) is 10.9. The summed E-state index contributed by atoms with van der Waals surface area (Å²) < 4.78 is 0. The topological polar surface area (TPSA) is 72.2 Å². The van der Waals surface area contributed by atoms with Crippen LogP contribution in [0.1, 0.15) is 28.8 Å². The van der Waals surface area contributed by atoms with Crippen LogP contribution in [0.2, 0.25) is 0 Å². The molecule has 1 saturated heterocycles. The Morgan fingerprint density at radius 2 is 1.55 bits per heavy atom. The average Bonchev–Trinajstić information content (AvgIpc) is 3.46. The molecular weight excluding hydrogens is 388 g/mol. The van der Waals surface area contributed by atoms with E-state index in [4.69, 9.17) is 0 Å². The summed E-state index contributed by atoms with van der Waals surface area (Å²) in [6, 6.07) is 15.9. The number of rotatable bonds is 5. The molecule has 2 amide bonds. The van der Waals surface area contributed by atoms with Crippen LogP contribution in [0.5, 0.6) is 0 Å². The minimum Gasteiger partial charge on any atom is -0.361 e. The summed E-state index contributed by atoms with van der Waals surface area (Å²) in [5.74, 6) is 0.219. The van der Waals surface area contributed by atoms with Crippen molar-refractivity contribution < 1.29 is 9.59 Å². The Kier molecular flexibility index (Phi) is 5.20. The molecule has 3 heterocycles. The van der Waals surface area contributed by atoms with Gasteiger partial charge in [-0.1, -0.05) is 24.3 Å². The molecule has 0 radical (unpaired) electrons. The quantitative estimate of drug-likeness (QED) is 0.519. The second-order valence-corrected chi connectivity index (χ2v) is 8.13. The summed E-state index contributed by atoms with van der Waals surface area (Å²) in [6.07, 6.45) is 6.15. The fourth-order valence-corrected chi connectivity index (χ4v) is 4.53. The van der Waals surface area contributed by atoms with E-state index in [0.29, 0.717) is 32.6 Å². The number of fused-ring (bicyclic) bond motifs is 2. The standard InChI is InChI=1S/C25H26N4O2/c30-24(10-3-5-18-17-27-22-8-2-1-6-19(18)22)28-13-15-29(16-14-28)25(31)21-7-4-9-23-20(21)11-12-26-23/h1-2,4,6-9,11-12,17,26-27H,3,5,10,13-16H2. The van der Waals surface area contributed by atoms with Crippen molar-refractivity contribution in [3.05, 3.63) is 72.1 Å². The first-order valence-electron chi connectivity index (χ1n) is 10.9. The summed E-state index contributed by atoms with van der Waals surface area (Å²) in [4.78, 5) is 35.9. The predicted octanol–water partition coefficient (Wildman–Crippen LogP) is 3.96. The Balaban J connectivity index is 1.14. The van der Waals surface area contributed by atoms with Crippen molar-refractivity contribution in [1.29, 1.82) is 0 Å². The van der Waals surface area contributed by atoms with Crippen molar-refractivity contribution >= 4 is 33.6 Å².